The minimum atomic E-state index is -4.52. The highest BCUT2D eigenvalue weighted by Crippen LogP contribution is 2.33. The van der Waals surface area contributed by atoms with E-state index in [9.17, 15) is 18.0 Å². The molecule has 0 spiro atoms. The number of alkyl halides is 3. The van der Waals surface area contributed by atoms with Gasteiger partial charge in [0.25, 0.3) is 5.91 Å². The lowest BCUT2D eigenvalue weighted by atomic mass is 10.0. The maximum Gasteiger partial charge on any atom is 0.405 e. The Morgan fingerprint density at radius 3 is 2.59 bits per heavy atom. The molecule has 0 aliphatic heterocycles. The van der Waals surface area contributed by atoms with Gasteiger partial charge in [0.15, 0.2) is 0 Å². The molecule has 6 nitrogen and oxygen atoms in total. The number of fused-ring (bicyclic) bond motifs is 3. The van der Waals surface area contributed by atoms with Gasteiger partial charge in [0.1, 0.15) is 24.3 Å². The number of pyridine rings is 1. The highest BCUT2D eigenvalue weighted by atomic mass is 19.4. The van der Waals surface area contributed by atoms with Crippen LogP contribution in [0.15, 0.2) is 55.0 Å². The molecule has 0 bridgehead atoms. The summed E-state index contributed by atoms with van der Waals surface area (Å²) in [5.41, 5.74) is 2.09. The van der Waals surface area contributed by atoms with Crippen molar-refractivity contribution in [2.75, 3.05) is 13.7 Å². The zero-order valence-electron chi connectivity index (χ0n) is 15.2. The van der Waals surface area contributed by atoms with E-state index in [4.69, 9.17) is 4.74 Å². The van der Waals surface area contributed by atoms with Crippen LogP contribution >= 0.6 is 0 Å². The van der Waals surface area contributed by atoms with E-state index in [-0.39, 0.29) is 5.56 Å². The van der Waals surface area contributed by atoms with E-state index >= 15 is 0 Å². The van der Waals surface area contributed by atoms with Crippen LogP contribution < -0.4 is 10.1 Å². The summed E-state index contributed by atoms with van der Waals surface area (Å²) in [6.07, 6.45) is -1.46. The molecule has 0 aliphatic carbocycles. The third-order valence-corrected chi connectivity index (χ3v) is 4.46. The van der Waals surface area contributed by atoms with Crippen molar-refractivity contribution in [1.29, 1.82) is 0 Å². The number of halogens is 3. The molecule has 29 heavy (non-hydrogen) atoms. The first-order valence-corrected chi connectivity index (χ1v) is 8.62. The fourth-order valence-corrected chi connectivity index (χ4v) is 3.22. The Labute approximate surface area is 163 Å². The van der Waals surface area contributed by atoms with Gasteiger partial charge in [-0.3, -0.25) is 4.79 Å². The second kappa shape index (κ2) is 7.08. The van der Waals surface area contributed by atoms with Crippen molar-refractivity contribution < 1.29 is 22.7 Å². The molecular weight excluding hydrogens is 385 g/mol. The van der Waals surface area contributed by atoms with Crippen LogP contribution in [0.5, 0.6) is 5.75 Å². The molecule has 4 aromatic rings. The molecule has 0 unspecified atom stereocenters. The highest BCUT2D eigenvalue weighted by Gasteiger charge is 2.30. The molecule has 148 valence electrons. The van der Waals surface area contributed by atoms with E-state index in [2.05, 4.69) is 9.97 Å². The number of hydrogen-bond donors (Lipinski definition) is 1. The fraction of sp³-hybridized carbons (Fsp3) is 0.150. The maximum atomic E-state index is 12.8. The Bertz CT molecular complexity index is 1200. The predicted molar refractivity (Wildman–Crippen MR) is 101 cm³/mol. The zero-order chi connectivity index (χ0) is 20.6. The second-order valence-corrected chi connectivity index (χ2v) is 6.28. The number of benzene rings is 1. The molecule has 0 aliphatic rings. The standard InChI is InChI=1S/C20H15F3N4O2/c1-29-13-7-5-12(6-8-13)17-16-15(19(28)24-10-20(21,22)23)14-4-2-3-9-27(14)18(16)26-11-25-17/h2-9,11H,10H2,1H3,(H,24,28). The summed E-state index contributed by atoms with van der Waals surface area (Å²) in [4.78, 5) is 21.3. The number of aromatic nitrogens is 3. The lowest BCUT2D eigenvalue weighted by molar-refractivity contribution is -0.123. The summed E-state index contributed by atoms with van der Waals surface area (Å²) in [6.45, 7) is -1.43. The van der Waals surface area contributed by atoms with Crippen molar-refractivity contribution in [3.8, 4) is 17.0 Å². The summed E-state index contributed by atoms with van der Waals surface area (Å²) < 4.78 is 44.8. The van der Waals surface area contributed by atoms with Crippen molar-refractivity contribution in [1.82, 2.24) is 19.7 Å². The van der Waals surface area contributed by atoms with Crippen LogP contribution in [0.4, 0.5) is 13.2 Å². The SMILES string of the molecule is COc1ccc(-c2ncnc3c2c(C(=O)NCC(F)(F)F)c2ccccn23)cc1. The van der Waals surface area contributed by atoms with Crippen LogP contribution in [0.1, 0.15) is 10.4 Å². The van der Waals surface area contributed by atoms with Gasteiger partial charge in [-0.05, 0) is 36.4 Å². The molecule has 3 aromatic heterocycles. The molecule has 4 rings (SSSR count). The number of rotatable bonds is 4. The van der Waals surface area contributed by atoms with E-state index < -0.39 is 18.6 Å². The first-order chi connectivity index (χ1) is 13.9. The van der Waals surface area contributed by atoms with Gasteiger partial charge in [-0.15, -0.1) is 0 Å². The van der Waals surface area contributed by atoms with Crippen molar-refractivity contribution in [3.05, 3.63) is 60.6 Å². The van der Waals surface area contributed by atoms with Gasteiger partial charge in [-0.2, -0.15) is 13.2 Å². The Morgan fingerprint density at radius 2 is 1.90 bits per heavy atom. The first-order valence-electron chi connectivity index (χ1n) is 8.62. The first kappa shape index (κ1) is 18.7. The molecular formula is C20H15F3N4O2. The number of methoxy groups -OCH3 is 1. The number of hydrogen-bond acceptors (Lipinski definition) is 4. The monoisotopic (exact) mass is 400 g/mol. The second-order valence-electron chi connectivity index (χ2n) is 6.28. The minimum Gasteiger partial charge on any atom is -0.497 e. The molecule has 0 saturated carbocycles. The van der Waals surface area contributed by atoms with Gasteiger partial charge in [-0.1, -0.05) is 6.07 Å². The summed E-state index contributed by atoms with van der Waals surface area (Å²) in [6, 6.07) is 12.1. The van der Waals surface area contributed by atoms with E-state index in [1.165, 1.54) is 6.33 Å². The van der Waals surface area contributed by atoms with Crippen molar-refractivity contribution in [2.24, 2.45) is 0 Å². The van der Waals surface area contributed by atoms with Crippen LogP contribution in [0.3, 0.4) is 0 Å². The smallest absolute Gasteiger partial charge is 0.405 e. The quantitative estimate of drug-likeness (QED) is 0.565. The zero-order valence-corrected chi connectivity index (χ0v) is 15.2. The normalized spacial score (nSPS) is 11.7. The Hall–Kier alpha value is -3.62. The van der Waals surface area contributed by atoms with Crippen LogP contribution in [0.25, 0.3) is 27.8 Å². The van der Waals surface area contributed by atoms with Gasteiger partial charge in [0.2, 0.25) is 0 Å². The van der Waals surface area contributed by atoms with Gasteiger partial charge < -0.3 is 14.5 Å². The Kier molecular flexibility index (Phi) is 4.57. The van der Waals surface area contributed by atoms with Gasteiger partial charge >= 0.3 is 6.18 Å². The van der Waals surface area contributed by atoms with Crippen molar-refractivity contribution >= 4 is 22.5 Å². The lowest BCUT2D eigenvalue weighted by Gasteiger charge is -2.09. The van der Waals surface area contributed by atoms with Crippen LogP contribution in [0.2, 0.25) is 0 Å². The molecule has 0 radical (unpaired) electrons. The molecule has 1 amide bonds. The number of nitrogens with one attached hydrogen (secondary N) is 1. The van der Waals surface area contributed by atoms with E-state index in [1.54, 1.807) is 60.2 Å². The van der Waals surface area contributed by atoms with Crippen LogP contribution in [-0.2, 0) is 0 Å². The molecule has 0 atom stereocenters. The summed E-state index contributed by atoms with van der Waals surface area (Å²) in [5.74, 6) is -0.199. The van der Waals surface area contributed by atoms with E-state index in [1.807, 2.05) is 5.32 Å². The molecule has 0 fully saturated rings. The number of amides is 1. The summed E-state index contributed by atoms with van der Waals surface area (Å²) in [7, 11) is 1.54. The molecule has 0 saturated heterocycles. The lowest BCUT2D eigenvalue weighted by Crippen LogP contribution is -2.33. The number of ether oxygens (including phenoxy) is 1. The minimum absolute atomic E-state index is 0.0938. The number of carbonyl (C=O) groups is 1. The van der Waals surface area contributed by atoms with Crippen molar-refractivity contribution in [3.63, 3.8) is 0 Å². The molecule has 1 N–H and O–H groups in total. The number of carbonyl (C=O) groups excluding carboxylic acids is 1. The highest BCUT2D eigenvalue weighted by molar-refractivity contribution is 6.16. The molecule has 9 heteroatoms. The van der Waals surface area contributed by atoms with Gasteiger partial charge in [0, 0.05) is 11.8 Å². The maximum absolute atomic E-state index is 12.8. The van der Waals surface area contributed by atoms with Gasteiger partial charge in [-0.25, -0.2) is 9.97 Å². The molecule has 3 heterocycles. The van der Waals surface area contributed by atoms with Crippen LogP contribution in [0, 0.1) is 0 Å². The average Bonchev–Trinajstić information content (AvgIpc) is 3.06. The van der Waals surface area contributed by atoms with E-state index in [0.29, 0.717) is 33.6 Å². The third-order valence-electron chi connectivity index (χ3n) is 4.46. The summed E-state index contributed by atoms with van der Waals surface area (Å²) in [5, 5.41) is 2.33. The molecule has 1 aromatic carbocycles. The Morgan fingerprint density at radius 1 is 1.14 bits per heavy atom. The van der Waals surface area contributed by atoms with Crippen LogP contribution in [-0.4, -0.2) is 40.1 Å². The average molecular weight is 400 g/mol. The van der Waals surface area contributed by atoms with Gasteiger partial charge in [0.05, 0.1) is 29.3 Å². The largest absolute Gasteiger partial charge is 0.497 e. The third kappa shape index (κ3) is 3.46. The Balaban J connectivity index is 1.95. The van der Waals surface area contributed by atoms with Crippen molar-refractivity contribution in [2.45, 2.75) is 6.18 Å². The number of nitrogens with zero attached hydrogens (tertiary/aromatic N) is 3. The topological polar surface area (TPSA) is 68.5 Å². The predicted octanol–water partition coefficient (Wildman–Crippen LogP) is 3.85. The van der Waals surface area contributed by atoms with E-state index in [0.717, 1.165) is 0 Å². The fourth-order valence-electron chi connectivity index (χ4n) is 3.22. The summed E-state index contributed by atoms with van der Waals surface area (Å²) >= 11 is 0.